The van der Waals surface area contributed by atoms with Crippen LogP contribution in [0.1, 0.15) is 38.5 Å². The summed E-state index contributed by atoms with van der Waals surface area (Å²) in [6, 6.07) is 0. The van der Waals surface area contributed by atoms with Gasteiger partial charge in [-0.25, -0.2) is 0 Å². The SMILES string of the molecule is C=CS(=O)(=O)OC12CC3CC(CC(C3)C1)C2. The quantitative estimate of drug-likeness (QED) is 0.714. The van der Waals surface area contributed by atoms with Crippen LogP contribution in [0.5, 0.6) is 0 Å². The molecule has 4 aliphatic rings. The molecule has 0 spiro atoms. The molecule has 4 rings (SSSR count). The highest BCUT2D eigenvalue weighted by Crippen LogP contribution is 2.57. The molecular formula is C12H18O3S. The molecule has 0 aromatic rings. The van der Waals surface area contributed by atoms with E-state index in [2.05, 4.69) is 6.58 Å². The van der Waals surface area contributed by atoms with E-state index in [-0.39, 0.29) is 5.60 Å². The van der Waals surface area contributed by atoms with Crippen LogP contribution in [0.2, 0.25) is 0 Å². The molecule has 4 fully saturated rings. The maximum atomic E-state index is 11.5. The first-order valence-electron chi connectivity index (χ1n) is 6.08. The predicted octanol–water partition coefficient (Wildman–Crippen LogP) is 2.45. The van der Waals surface area contributed by atoms with Crippen LogP contribution in [-0.2, 0) is 14.3 Å². The van der Waals surface area contributed by atoms with Crippen molar-refractivity contribution in [3.63, 3.8) is 0 Å². The molecule has 0 aliphatic heterocycles. The zero-order valence-corrected chi connectivity index (χ0v) is 10.2. The van der Waals surface area contributed by atoms with Crippen molar-refractivity contribution in [3.8, 4) is 0 Å². The molecule has 0 heterocycles. The number of rotatable bonds is 3. The van der Waals surface area contributed by atoms with Gasteiger partial charge in [-0.2, -0.15) is 8.42 Å². The molecule has 4 bridgehead atoms. The van der Waals surface area contributed by atoms with Crippen LogP contribution in [0.3, 0.4) is 0 Å². The summed E-state index contributed by atoms with van der Waals surface area (Å²) >= 11 is 0. The summed E-state index contributed by atoms with van der Waals surface area (Å²) in [6.45, 7) is 3.32. The van der Waals surface area contributed by atoms with E-state index in [9.17, 15) is 8.42 Å². The van der Waals surface area contributed by atoms with E-state index in [0.29, 0.717) is 17.8 Å². The molecule has 4 aliphatic carbocycles. The summed E-state index contributed by atoms with van der Waals surface area (Å²) in [4.78, 5) is 0. The van der Waals surface area contributed by atoms with Gasteiger partial charge in [-0.15, -0.1) is 0 Å². The monoisotopic (exact) mass is 242 g/mol. The van der Waals surface area contributed by atoms with Gasteiger partial charge in [0, 0.05) is 0 Å². The highest BCUT2D eigenvalue weighted by atomic mass is 32.2. The van der Waals surface area contributed by atoms with Crippen LogP contribution in [0.15, 0.2) is 12.0 Å². The Kier molecular flexibility index (Phi) is 2.24. The van der Waals surface area contributed by atoms with Gasteiger partial charge in [0.05, 0.1) is 11.0 Å². The molecule has 0 radical (unpaired) electrons. The molecule has 0 N–H and O–H groups in total. The fourth-order valence-electron chi connectivity index (χ4n) is 4.41. The molecule has 4 saturated carbocycles. The van der Waals surface area contributed by atoms with Crippen molar-refractivity contribution in [2.24, 2.45) is 17.8 Å². The minimum atomic E-state index is -3.52. The Morgan fingerprint density at radius 1 is 1.06 bits per heavy atom. The maximum absolute atomic E-state index is 11.5. The van der Waals surface area contributed by atoms with E-state index in [0.717, 1.165) is 24.7 Å². The van der Waals surface area contributed by atoms with Gasteiger partial charge >= 0.3 is 0 Å². The smallest absolute Gasteiger partial charge is 0.260 e. The molecule has 0 saturated heterocycles. The third kappa shape index (κ3) is 1.72. The van der Waals surface area contributed by atoms with Gasteiger partial charge in [0.25, 0.3) is 10.1 Å². The van der Waals surface area contributed by atoms with Crippen molar-refractivity contribution < 1.29 is 12.6 Å². The largest absolute Gasteiger partial charge is 0.290 e. The molecule has 0 atom stereocenters. The number of hydrogen-bond donors (Lipinski definition) is 0. The van der Waals surface area contributed by atoms with Crippen molar-refractivity contribution in [1.29, 1.82) is 0 Å². The second kappa shape index (κ2) is 3.33. The third-order valence-electron chi connectivity index (χ3n) is 4.48. The molecule has 90 valence electrons. The molecular weight excluding hydrogens is 224 g/mol. The summed E-state index contributed by atoms with van der Waals surface area (Å²) in [5.41, 5.74) is -0.373. The molecule has 0 aromatic carbocycles. The predicted molar refractivity (Wildman–Crippen MR) is 61.1 cm³/mol. The fraction of sp³-hybridized carbons (Fsp3) is 0.833. The summed E-state index contributed by atoms with van der Waals surface area (Å²) < 4.78 is 28.5. The van der Waals surface area contributed by atoms with Crippen molar-refractivity contribution >= 4 is 10.1 Å². The van der Waals surface area contributed by atoms with Crippen molar-refractivity contribution in [3.05, 3.63) is 12.0 Å². The minimum absolute atomic E-state index is 0.373. The molecule has 16 heavy (non-hydrogen) atoms. The van der Waals surface area contributed by atoms with Gasteiger partial charge < -0.3 is 0 Å². The summed E-state index contributed by atoms with van der Waals surface area (Å²) in [5, 5.41) is 0.936. The first kappa shape index (κ1) is 10.8. The van der Waals surface area contributed by atoms with Gasteiger partial charge in [-0.1, -0.05) is 6.58 Å². The Bertz CT molecular complexity index is 375. The van der Waals surface area contributed by atoms with Crippen molar-refractivity contribution in [1.82, 2.24) is 0 Å². The highest BCUT2D eigenvalue weighted by molar-refractivity contribution is 7.89. The third-order valence-corrected chi connectivity index (χ3v) is 5.47. The van der Waals surface area contributed by atoms with Gasteiger partial charge in [-0.3, -0.25) is 4.18 Å². The van der Waals surface area contributed by atoms with E-state index in [1.54, 1.807) is 0 Å². The molecule has 0 amide bonds. The summed E-state index contributed by atoms with van der Waals surface area (Å²) in [7, 11) is -3.52. The second-order valence-electron chi connectivity index (χ2n) is 5.84. The Morgan fingerprint density at radius 2 is 1.50 bits per heavy atom. The Morgan fingerprint density at radius 3 is 1.88 bits per heavy atom. The lowest BCUT2D eigenvalue weighted by Crippen LogP contribution is -2.52. The van der Waals surface area contributed by atoms with Gasteiger partial charge in [-0.05, 0) is 56.3 Å². The van der Waals surface area contributed by atoms with Gasteiger partial charge in [0.2, 0.25) is 0 Å². The molecule has 0 aromatic heterocycles. The highest BCUT2D eigenvalue weighted by Gasteiger charge is 2.53. The van der Waals surface area contributed by atoms with E-state index in [1.807, 2.05) is 0 Å². The number of hydrogen-bond acceptors (Lipinski definition) is 3. The first-order chi connectivity index (χ1) is 7.50. The van der Waals surface area contributed by atoms with E-state index >= 15 is 0 Å². The first-order valence-corrected chi connectivity index (χ1v) is 7.55. The summed E-state index contributed by atoms with van der Waals surface area (Å²) in [5.74, 6) is 2.10. The summed E-state index contributed by atoms with van der Waals surface area (Å²) in [6.07, 6.45) is 6.68. The lowest BCUT2D eigenvalue weighted by molar-refractivity contribution is -0.103. The van der Waals surface area contributed by atoms with Crippen LogP contribution >= 0.6 is 0 Å². The van der Waals surface area contributed by atoms with E-state index in [4.69, 9.17) is 4.18 Å². The minimum Gasteiger partial charge on any atom is -0.260 e. The topological polar surface area (TPSA) is 43.4 Å². The Labute approximate surface area is 97.0 Å². The molecule has 4 heteroatoms. The van der Waals surface area contributed by atoms with Crippen LogP contribution in [0, 0.1) is 17.8 Å². The lowest BCUT2D eigenvalue weighted by atomic mass is 9.54. The average Bonchev–Trinajstić information content (AvgIpc) is 2.13. The van der Waals surface area contributed by atoms with E-state index in [1.165, 1.54) is 19.3 Å². The maximum Gasteiger partial charge on any atom is 0.290 e. The van der Waals surface area contributed by atoms with Crippen LogP contribution in [0.25, 0.3) is 0 Å². The fourth-order valence-corrected chi connectivity index (χ4v) is 5.18. The normalized spacial score (nSPS) is 45.9. The Balaban J connectivity index is 1.86. The van der Waals surface area contributed by atoms with Crippen molar-refractivity contribution in [2.45, 2.75) is 44.1 Å². The lowest BCUT2D eigenvalue weighted by Gasteiger charge is -2.55. The molecule has 3 nitrogen and oxygen atoms in total. The van der Waals surface area contributed by atoms with Gasteiger partial charge in [0.1, 0.15) is 0 Å². The van der Waals surface area contributed by atoms with E-state index < -0.39 is 10.1 Å². The average molecular weight is 242 g/mol. The standard InChI is InChI=1S/C12H18O3S/c1-2-16(13,14)15-12-6-9-3-10(7-12)5-11(4-9)8-12/h2,9-11H,1,3-8H2. The van der Waals surface area contributed by atoms with Crippen LogP contribution in [-0.4, -0.2) is 14.0 Å². The zero-order chi connectivity index (χ0) is 11.4. The van der Waals surface area contributed by atoms with Gasteiger partial charge in [0.15, 0.2) is 0 Å². The Hall–Kier alpha value is -0.350. The zero-order valence-electron chi connectivity index (χ0n) is 9.39. The van der Waals surface area contributed by atoms with Crippen LogP contribution < -0.4 is 0 Å². The second-order valence-corrected chi connectivity index (χ2v) is 7.33. The molecule has 0 unspecified atom stereocenters. The van der Waals surface area contributed by atoms with Crippen molar-refractivity contribution in [2.75, 3.05) is 0 Å². The van der Waals surface area contributed by atoms with Crippen LogP contribution in [0.4, 0.5) is 0 Å².